The van der Waals surface area contributed by atoms with Crippen molar-refractivity contribution in [3.05, 3.63) is 29.6 Å². The van der Waals surface area contributed by atoms with Gasteiger partial charge in [-0.05, 0) is 43.5 Å². The monoisotopic (exact) mass is 239 g/mol. The van der Waals surface area contributed by atoms with Crippen LogP contribution in [0.5, 0.6) is 0 Å². The SMILES string of the molecule is Cc1cc(F)cc(NCCCCCC(=O)O)c1. The zero-order chi connectivity index (χ0) is 12.7. The van der Waals surface area contributed by atoms with Gasteiger partial charge in [0, 0.05) is 18.7 Å². The summed E-state index contributed by atoms with van der Waals surface area (Å²) in [6, 6.07) is 4.84. The fourth-order valence-corrected chi connectivity index (χ4v) is 1.65. The zero-order valence-corrected chi connectivity index (χ0v) is 10.0. The fourth-order valence-electron chi connectivity index (χ4n) is 1.65. The largest absolute Gasteiger partial charge is 0.481 e. The van der Waals surface area contributed by atoms with Crippen LogP contribution in [0.15, 0.2) is 18.2 Å². The zero-order valence-electron chi connectivity index (χ0n) is 10.0. The van der Waals surface area contributed by atoms with Gasteiger partial charge in [0.2, 0.25) is 0 Å². The van der Waals surface area contributed by atoms with Crippen LogP contribution in [0.1, 0.15) is 31.2 Å². The van der Waals surface area contributed by atoms with Gasteiger partial charge >= 0.3 is 5.97 Å². The molecule has 4 heteroatoms. The van der Waals surface area contributed by atoms with E-state index < -0.39 is 5.97 Å². The Morgan fingerprint density at radius 2 is 2.06 bits per heavy atom. The molecule has 3 nitrogen and oxygen atoms in total. The summed E-state index contributed by atoms with van der Waals surface area (Å²) in [6.07, 6.45) is 2.68. The van der Waals surface area contributed by atoms with Gasteiger partial charge in [0.25, 0.3) is 0 Å². The predicted octanol–water partition coefficient (Wildman–Crippen LogP) is 3.19. The lowest BCUT2D eigenvalue weighted by Crippen LogP contribution is -2.02. The van der Waals surface area contributed by atoms with Crippen molar-refractivity contribution < 1.29 is 14.3 Å². The molecule has 0 atom stereocenters. The highest BCUT2D eigenvalue weighted by Crippen LogP contribution is 2.13. The molecule has 0 amide bonds. The summed E-state index contributed by atoms with van der Waals surface area (Å²) >= 11 is 0. The van der Waals surface area contributed by atoms with Crippen molar-refractivity contribution in [3.63, 3.8) is 0 Å². The number of unbranched alkanes of at least 4 members (excludes halogenated alkanes) is 2. The van der Waals surface area contributed by atoms with Gasteiger partial charge in [0.05, 0.1) is 0 Å². The smallest absolute Gasteiger partial charge is 0.303 e. The number of halogens is 1. The number of rotatable bonds is 7. The standard InChI is InChI=1S/C13H18FNO2/c1-10-7-11(14)9-12(8-10)15-6-4-2-3-5-13(16)17/h7-9,15H,2-6H2,1H3,(H,16,17). The van der Waals surface area contributed by atoms with E-state index in [2.05, 4.69) is 5.32 Å². The number of benzene rings is 1. The van der Waals surface area contributed by atoms with E-state index in [0.29, 0.717) is 6.42 Å². The quantitative estimate of drug-likeness (QED) is 0.718. The second-order valence-electron chi connectivity index (χ2n) is 4.15. The minimum absolute atomic E-state index is 0.221. The van der Waals surface area contributed by atoms with Crippen LogP contribution in [-0.2, 0) is 4.79 Å². The number of aliphatic carboxylic acids is 1. The third-order valence-electron chi connectivity index (χ3n) is 2.44. The maximum Gasteiger partial charge on any atom is 0.303 e. The highest BCUT2D eigenvalue weighted by Gasteiger charge is 1.98. The minimum Gasteiger partial charge on any atom is -0.481 e. The van der Waals surface area contributed by atoms with Gasteiger partial charge < -0.3 is 10.4 Å². The summed E-state index contributed by atoms with van der Waals surface area (Å²) in [5.41, 5.74) is 1.67. The molecule has 2 N–H and O–H groups in total. The van der Waals surface area contributed by atoms with Crippen LogP contribution in [0.4, 0.5) is 10.1 Å². The first-order chi connectivity index (χ1) is 8.08. The molecule has 1 aromatic rings. The highest BCUT2D eigenvalue weighted by molar-refractivity contribution is 5.66. The van der Waals surface area contributed by atoms with E-state index in [1.54, 1.807) is 0 Å². The summed E-state index contributed by atoms with van der Waals surface area (Å²) in [4.78, 5) is 10.3. The van der Waals surface area contributed by atoms with Crippen LogP contribution < -0.4 is 5.32 Å². The number of carboxylic acids is 1. The Morgan fingerprint density at radius 3 is 2.71 bits per heavy atom. The molecule has 0 aliphatic rings. The summed E-state index contributed by atoms with van der Waals surface area (Å²) < 4.78 is 13.0. The molecule has 0 bridgehead atoms. The summed E-state index contributed by atoms with van der Waals surface area (Å²) in [5.74, 6) is -0.989. The van der Waals surface area contributed by atoms with E-state index in [0.717, 1.165) is 30.6 Å². The molecule has 0 aliphatic carbocycles. The van der Waals surface area contributed by atoms with Crippen LogP contribution in [0.3, 0.4) is 0 Å². The third-order valence-corrected chi connectivity index (χ3v) is 2.44. The lowest BCUT2D eigenvalue weighted by Gasteiger charge is -2.07. The second-order valence-corrected chi connectivity index (χ2v) is 4.15. The molecular weight excluding hydrogens is 221 g/mol. The fraction of sp³-hybridized carbons (Fsp3) is 0.462. The van der Waals surface area contributed by atoms with Crippen molar-refractivity contribution in [3.8, 4) is 0 Å². The first-order valence-corrected chi connectivity index (χ1v) is 5.81. The van der Waals surface area contributed by atoms with Crippen LogP contribution in [0.2, 0.25) is 0 Å². The normalized spacial score (nSPS) is 10.2. The molecule has 1 rings (SSSR count). The van der Waals surface area contributed by atoms with E-state index in [1.165, 1.54) is 12.1 Å². The van der Waals surface area contributed by atoms with E-state index in [4.69, 9.17) is 5.11 Å². The van der Waals surface area contributed by atoms with Gasteiger partial charge in [0.1, 0.15) is 5.82 Å². The van der Waals surface area contributed by atoms with Gasteiger partial charge in [-0.2, -0.15) is 0 Å². The molecule has 1 aromatic carbocycles. The molecule has 0 saturated heterocycles. The van der Waals surface area contributed by atoms with E-state index >= 15 is 0 Å². The van der Waals surface area contributed by atoms with Gasteiger partial charge in [0.15, 0.2) is 0 Å². The number of aryl methyl sites for hydroxylation is 1. The first kappa shape index (κ1) is 13.5. The Labute approximate surface area is 101 Å². The maximum atomic E-state index is 13.0. The number of hydrogen-bond acceptors (Lipinski definition) is 2. The third kappa shape index (κ3) is 5.90. The lowest BCUT2D eigenvalue weighted by atomic mass is 10.2. The van der Waals surface area contributed by atoms with Crippen LogP contribution in [0.25, 0.3) is 0 Å². The molecule has 94 valence electrons. The van der Waals surface area contributed by atoms with Crippen molar-refractivity contribution in [1.82, 2.24) is 0 Å². The minimum atomic E-state index is -0.751. The Morgan fingerprint density at radius 1 is 1.29 bits per heavy atom. The van der Waals surface area contributed by atoms with Crippen molar-refractivity contribution in [1.29, 1.82) is 0 Å². The molecule has 0 unspecified atom stereocenters. The predicted molar refractivity (Wildman–Crippen MR) is 65.7 cm³/mol. The van der Waals surface area contributed by atoms with Crippen LogP contribution >= 0.6 is 0 Å². The molecule has 17 heavy (non-hydrogen) atoms. The van der Waals surface area contributed by atoms with Crippen molar-refractivity contribution in [2.45, 2.75) is 32.6 Å². The molecule has 0 saturated carbocycles. The lowest BCUT2D eigenvalue weighted by molar-refractivity contribution is -0.137. The Kier molecular flexibility index (Phi) is 5.46. The van der Waals surface area contributed by atoms with E-state index in [9.17, 15) is 9.18 Å². The Balaban J connectivity index is 2.20. The number of carbonyl (C=O) groups is 1. The topological polar surface area (TPSA) is 49.3 Å². The molecule has 0 radical (unpaired) electrons. The van der Waals surface area contributed by atoms with Crippen molar-refractivity contribution in [2.24, 2.45) is 0 Å². The number of nitrogens with one attached hydrogen (secondary N) is 1. The Bertz CT molecular complexity index is 359. The number of carboxylic acid groups (broad SMARTS) is 1. The van der Waals surface area contributed by atoms with Gasteiger partial charge in [-0.15, -0.1) is 0 Å². The Hall–Kier alpha value is -1.58. The van der Waals surface area contributed by atoms with Crippen LogP contribution in [-0.4, -0.2) is 17.6 Å². The van der Waals surface area contributed by atoms with Gasteiger partial charge in [-0.1, -0.05) is 6.42 Å². The molecular formula is C13H18FNO2. The molecule has 0 heterocycles. The summed E-state index contributed by atoms with van der Waals surface area (Å²) in [5, 5.41) is 11.6. The first-order valence-electron chi connectivity index (χ1n) is 5.81. The van der Waals surface area contributed by atoms with Gasteiger partial charge in [-0.3, -0.25) is 4.79 Å². The highest BCUT2D eigenvalue weighted by atomic mass is 19.1. The molecule has 0 fully saturated rings. The summed E-state index contributed by atoms with van der Waals surface area (Å²) in [7, 11) is 0. The molecule has 0 aromatic heterocycles. The van der Waals surface area contributed by atoms with E-state index in [1.807, 2.05) is 13.0 Å². The maximum absolute atomic E-state index is 13.0. The van der Waals surface area contributed by atoms with E-state index in [-0.39, 0.29) is 12.2 Å². The van der Waals surface area contributed by atoms with Crippen molar-refractivity contribution >= 4 is 11.7 Å². The van der Waals surface area contributed by atoms with Gasteiger partial charge in [-0.25, -0.2) is 4.39 Å². The van der Waals surface area contributed by atoms with Crippen LogP contribution in [0, 0.1) is 12.7 Å². The average molecular weight is 239 g/mol. The van der Waals surface area contributed by atoms with Crippen molar-refractivity contribution in [2.75, 3.05) is 11.9 Å². The average Bonchev–Trinajstić information content (AvgIpc) is 2.21. The number of hydrogen-bond donors (Lipinski definition) is 2. The molecule has 0 spiro atoms. The number of anilines is 1. The molecule has 0 aliphatic heterocycles. The summed E-state index contributed by atoms with van der Waals surface area (Å²) in [6.45, 7) is 2.59. The second kappa shape index (κ2) is 6.89.